The monoisotopic (exact) mass is 595 g/mol. The van der Waals surface area contributed by atoms with Gasteiger partial charge in [-0.1, -0.05) is 41.9 Å². The van der Waals surface area contributed by atoms with Gasteiger partial charge in [0, 0.05) is 23.5 Å². The van der Waals surface area contributed by atoms with Gasteiger partial charge in [-0.2, -0.15) is 23.3 Å². The third-order valence-corrected chi connectivity index (χ3v) is 6.10. The van der Waals surface area contributed by atoms with E-state index in [9.17, 15) is 13.2 Å². The van der Waals surface area contributed by atoms with Crippen LogP contribution in [0.1, 0.15) is 11.3 Å². The van der Waals surface area contributed by atoms with Gasteiger partial charge in [0.15, 0.2) is 10.9 Å². The number of rotatable bonds is 7. The Labute approximate surface area is 242 Å². The second kappa shape index (κ2) is 11.8. The summed E-state index contributed by atoms with van der Waals surface area (Å²) >= 11 is 10.9. The first-order chi connectivity index (χ1) is 19.6. The molecule has 0 radical (unpaired) electrons. The maximum absolute atomic E-state index is 13.1. The molecule has 5 N–H and O–H groups in total. The Kier molecular flexibility index (Phi) is 7.99. The molecule has 14 heteroatoms. The number of aromatic nitrogens is 5. The van der Waals surface area contributed by atoms with Crippen molar-refractivity contribution in [3.8, 4) is 11.3 Å². The van der Waals surface area contributed by atoms with E-state index < -0.39 is 16.8 Å². The van der Waals surface area contributed by atoms with Crippen LogP contribution in [-0.2, 0) is 6.18 Å². The van der Waals surface area contributed by atoms with Crippen LogP contribution in [0.15, 0.2) is 79.0 Å². The molecule has 9 nitrogen and oxygen atoms in total. The number of nitrogens with one attached hydrogen (secondary N) is 5. The molecule has 0 bridgehead atoms. The molecule has 0 atom stereocenters. The van der Waals surface area contributed by atoms with Crippen molar-refractivity contribution in [3.63, 3.8) is 0 Å². The van der Waals surface area contributed by atoms with Crippen LogP contribution >= 0.6 is 23.8 Å². The van der Waals surface area contributed by atoms with Crippen molar-refractivity contribution in [2.75, 3.05) is 21.3 Å². The lowest BCUT2D eigenvalue weighted by Crippen LogP contribution is -2.20. The molecule has 0 aliphatic rings. The molecule has 0 saturated heterocycles. The van der Waals surface area contributed by atoms with Gasteiger partial charge in [0.05, 0.1) is 28.2 Å². The number of aromatic amines is 1. The normalized spacial score (nSPS) is 11.1. The quantitative estimate of drug-likeness (QED) is 0.122. The van der Waals surface area contributed by atoms with Gasteiger partial charge < -0.3 is 21.3 Å². The zero-order valence-corrected chi connectivity index (χ0v) is 22.8. The highest BCUT2D eigenvalue weighted by Gasteiger charge is 2.33. The number of pyridine rings is 1. The fraction of sp³-hybridized carbons (Fsp3) is 0.0741. The molecule has 2 aromatic carbocycles. The third kappa shape index (κ3) is 7.26. The lowest BCUT2D eigenvalue weighted by molar-refractivity contribution is -0.137. The number of halogens is 4. The Morgan fingerprint density at radius 2 is 1.63 bits per heavy atom. The summed E-state index contributed by atoms with van der Waals surface area (Å²) in [6.07, 6.45) is -3.05. The molecule has 0 amide bonds. The smallest absolute Gasteiger partial charge is 0.332 e. The van der Waals surface area contributed by atoms with Gasteiger partial charge >= 0.3 is 6.18 Å². The summed E-state index contributed by atoms with van der Waals surface area (Å²) < 4.78 is 39.3. The summed E-state index contributed by atoms with van der Waals surface area (Å²) in [4.78, 5) is 13.2. The standard InChI is InChI=1S/C27H21ClF3N9S/c1-15-11-23(36-24-13-21(39-40-24)16-5-3-2-4-6-16)37-25(33-15)34-18-8-10-22(32-14-18)38-26(41)35-17-7-9-20(28)19(12-17)27(29,30)31/h2-14H,1H3,(H2,32,35,38,41)(H3,33,34,36,37,39,40). The van der Waals surface area contributed by atoms with Crippen LogP contribution in [0, 0.1) is 6.92 Å². The number of alkyl halides is 3. The zero-order chi connectivity index (χ0) is 29.0. The third-order valence-electron chi connectivity index (χ3n) is 5.56. The van der Waals surface area contributed by atoms with Crippen molar-refractivity contribution in [3.05, 3.63) is 95.3 Å². The van der Waals surface area contributed by atoms with E-state index >= 15 is 0 Å². The summed E-state index contributed by atoms with van der Waals surface area (Å²) in [5.74, 6) is 1.86. The SMILES string of the molecule is Cc1cc(Nc2cc(-c3ccccc3)[nH]n2)nc(Nc2ccc(NC(=S)Nc3ccc(Cl)c(C(F)(F)F)c3)nc2)n1. The van der Waals surface area contributed by atoms with Gasteiger partial charge in [-0.25, -0.2) is 9.97 Å². The number of anilines is 6. The predicted molar refractivity (Wildman–Crippen MR) is 158 cm³/mol. The molecule has 3 aromatic heterocycles. The van der Waals surface area contributed by atoms with Crippen LogP contribution in [0.5, 0.6) is 0 Å². The maximum atomic E-state index is 13.1. The lowest BCUT2D eigenvalue weighted by Gasteiger charge is -2.14. The van der Waals surface area contributed by atoms with Crippen LogP contribution in [-0.4, -0.2) is 30.3 Å². The van der Waals surface area contributed by atoms with Gasteiger partial charge in [-0.05, 0) is 55.0 Å². The fourth-order valence-corrected chi connectivity index (χ4v) is 4.19. The highest BCUT2D eigenvalue weighted by atomic mass is 35.5. The van der Waals surface area contributed by atoms with E-state index in [4.69, 9.17) is 23.8 Å². The summed E-state index contributed by atoms with van der Waals surface area (Å²) in [5.41, 5.74) is 2.37. The number of aryl methyl sites for hydroxylation is 1. The van der Waals surface area contributed by atoms with E-state index in [1.54, 1.807) is 18.2 Å². The lowest BCUT2D eigenvalue weighted by atomic mass is 10.2. The van der Waals surface area contributed by atoms with E-state index in [1.165, 1.54) is 12.3 Å². The second-order valence-corrected chi connectivity index (χ2v) is 9.52. The number of hydrogen-bond donors (Lipinski definition) is 5. The molecule has 0 aliphatic carbocycles. The summed E-state index contributed by atoms with van der Waals surface area (Å²) in [5, 5.41) is 18.8. The van der Waals surface area contributed by atoms with Crippen LogP contribution < -0.4 is 21.3 Å². The summed E-state index contributed by atoms with van der Waals surface area (Å²) in [6, 6.07) is 20.3. The van der Waals surface area contributed by atoms with E-state index in [2.05, 4.69) is 46.4 Å². The van der Waals surface area contributed by atoms with Crippen molar-refractivity contribution in [1.29, 1.82) is 0 Å². The fourth-order valence-electron chi connectivity index (χ4n) is 3.74. The minimum Gasteiger partial charge on any atom is -0.332 e. The first-order valence-electron chi connectivity index (χ1n) is 12.0. The number of H-pyrrole nitrogens is 1. The molecule has 0 saturated carbocycles. The van der Waals surface area contributed by atoms with E-state index in [0.717, 1.165) is 29.1 Å². The molecule has 0 unspecified atom stereocenters. The van der Waals surface area contributed by atoms with Crippen LogP contribution in [0.4, 0.5) is 47.9 Å². The van der Waals surface area contributed by atoms with Gasteiger partial charge in [0.25, 0.3) is 0 Å². The Bertz CT molecular complexity index is 1680. The van der Waals surface area contributed by atoms with E-state index in [1.807, 2.05) is 43.3 Å². The largest absolute Gasteiger partial charge is 0.417 e. The molecule has 0 fully saturated rings. The molecule has 41 heavy (non-hydrogen) atoms. The van der Waals surface area contributed by atoms with Crippen molar-refractivity contribution in [2.45, 2.75) is 13.1 Å². The number of thiocarbonyl (C=S) groups is 1. The second-order valence-electron chi connectivity index (χ2n) is 8.70. The van der Waals surface area contributed by atoms with Crippen LogP contribution in [0.25, 0.3) is 11.3 Å². The molecular weight excluding hydrogens is 575 g/mol. The topological polar surface area (TPSA) is 115 Å². The van der Waals surface area contributed by atoms with Crippen molar-refractivity contribution in [2.24, 2.45) is 0 Å². The Morgan fingerprint density at radius 3 is 2.37 bits per heavy atom. The average molecular weight is 596 g/mol. The van der Waals surface area contributed by atoms with Crippen molar-refractivity contribution in [1.82, 2.24) is 25.1 Å². The number of benzene rings is 2. The predicted octanol–water partition coefficient (Wildman–Crippen LogP) is 7.54. The molecule has 0 spiro atoms. The van der Waals surface area contributed by atoms with Gasteiger partial charge in [0.1, 0.15) is 11.6 Å². The average Bonchev–Trinajstić information content (AvgIpc) is 3.39. The van der Waals surface area contributed by atoms with E-state index in [0.29, 0.717) is 29.1 Å². The number of nitrogens with zero attached hydrogens (tertiary/aromatic N) is 4. The molecule has 0 aliphatic heterocycles. The molecule has 3 heterocycles. The van der Waals surface area contributed by atoms with Crippen molar-refractivity contribution < 1.29 is 13.2 Å². The highest BCUT2D eigenvalue weighted by molar-refractivity contribution is 7.80. The zero-order valence-electron chi connectivity index (χ0n) is 21.2. The molecule has 5 aromatic rings. The van der Waals surface area contributed by atoms with Crippen LogP contribution in [0.2, 0.25) is 5.02 Å². The first-order valence-corrected chi connectivity index (χ1v) is 12.8. The van der Waals surface area contributed by atoms with E-state index in [-0.39, 0.29) is 10.8 Å². The molecule has 208 valence electrons. The van der Waals surface area contributed by atoms with Gasteiger partial charge in [0.2, 0.25) is 5.95 Å². The number of hydrogen-bond acceptors (Lipinski definition) is 7. The maximum Gasteiger partial charge on any atom is 0.417 e. The Balaban J connectivity index is 1.20. The summed E-state index contributed by atoms with van der Waals surface area (Å²) in [7, 11) is 0. The minimum atomic E-state index is -4.59. The molecule has 5 rings (SSSR count). The molecular formula is C27H21ClF3N9S. The summed E-state index contributed by atoms with van der Waals surface area (Å²) in [6.45, 7) is 1.84. The van der Waals surface area contributed by atoms with Gasteiger partial charge in [-0.3, -0.25) is 5.10 Å². The minimum absolute atomic E-state index is 0.0557. The van der Waals surface area contributed by atoms with Gasteiger partial charge in [-0.15, -0.1) is 0 Å². The first kappa shape index (κ1) is 27.8. The van der Waals surface area contributed by atoms with Crippen molar-refractivity contribution >= 4 is 63.7 Å². The van der Waals surface area contributed by atoms with Crippen LogP contribution in [0.3, 0.4) is 0 Å². The highest BCUT2D eigenvalue weighted by Crippen LogP contribution is 2.36. The Morgan fingerprint density at radius 1 is 0.854 bits per heavy atom. The Hall–Kier alpha value is -4.75.